The Kier molecular flexibility index (Phi) is 4.70. The summed E-state index contributed by atoms with van der Waals surface area (Å²) in [6, 6.07) is 7.06. The third-order valence-electron chi connectivity index (χ3n) is 4.17. The lowest BCUT2D eigenvalue weighted by atomic mass is 10.2. The van der Waals surface area contributed by atoms with Gasteiger partial charge in [0.2, 0.25) is 11.8 Å². The third kappa shape index (κ3) is 3.64. The molecule has 2 aliphatic heterocycles. The number of nitrogens with one attached hydrogen (secondary N) is 4. The largest absolute Gasteiger partial charge is 0.325 e. The molecule has 0 aromatic heterocycles. The molecule has 2 amide bonds. The van der Waals surface area contributed by atoms with E-state index in [0.717, 1.165) is 50.1 Å². The minimum atomic E-state index is -0.0900. The smallest absolute Gasteiger partial charge is 0.241 e. The molecular formula is C16H22N4O2. The Morgan fingerprint density at radius 3 is 1.55 bits per heavy atom. The van der Waals surface area contributed by atoms with Gasteiger partial charge in [0, 0.05) is 11.4 Å². The molecule has 2 heterocycles. The van der Waals surface area contributed by atoms with Gasteiger partial charge in [0.15, 0.2) is 0 Å². The summed E-state index contributed by atoms with van der Waals surface area (Å²) < 4.78 is 0. The van der Waals surface area contributed by atoms with Crippen LogP contribution in [0.15, 0.2) is 24.3 Å². The number of carbonyl (C=O) groups excluding carboxylic acids is 2. The van der Waals surface area contributed by atoms with Crippen LogP contribution >= 0.6 is 0 Å². The topological polar surface area (TPSA) is 82.3 Å². The van der Waals surface area contributed by atoms with Gasteiger partial charge in [-0.1, -0.05) is 0 Å². The highest BCUT2D eigenvalue weighted by Gasteiger charge is 2.23. The lowest BCUT2D eigenvalue weighted by molar-refractivity contribution is -0.118. The van der Waals surface area contributed by atoms with Crippen LogP contribution in [0.5, 0.6) is 0 Å². The van der Waals surface area contributed by atoms with Gasteiger partial charge in [0.1, 0.15) is 0 Å². The van der Waals surface area contributed by atoms with Crippen LogP contribution in [0.2, 0.25) is 0 Å². The maximum Gasteiger partial charge on any atom is 0.241 e. The van der Waals surface area contributed by atoms with Crippen LogP contribution in [0.1, 0.15) is 25.7 Å². The Labute approximate surface area is 130 Å². The van der Waals surface area contributed by atoms with Crippen LogP contribution in [0, 0.1) is 0 Å². The van der Waals surface area contributed by atoms with Crippen molar-refractivity contribution in [2.45, 2.75) is 37.8 Å². The van der Waals surface area contributed by atoms with Crippen molar-refractivity contribution in [3.8, 4) is 0 Å². The van der Waals surface area contributed by atoms with Gasteiger partial charge in [-0.05, 0) is 63.0 Å². The first-order valence-corrected chi connectivity index (χ1v) is 7.91. The Hall–Kier alpha value is -1.92. The minimum absolute atomic E-state index is 0.00411. The number of carbonyl (C=O) groups is 2. The summed E-state index contributed by atoms with van der Waals surface area (Å²) >= 11 is 0. The van der Waals surface area contributed by atoms with Crippen molar-refractivity contribution in [3.05, 3.63) is 24.3 Å². The summed E-state index contributed by atoms with van der Waals surface area (Å²) in [6.45, 7) is 1.80. The average molecular weight is 302 g/mol. The van der Waals surface area contributed by atoms with Crippen LogP contribution in [-0.4, -0.2) is 37.0 Å². The molecule has 3 rings (SSSR count). The van der Waals surface area contributed by atoms with Crippen molar-refractivity contribution in [1.82, 2.24) is 10.6 Å². The Morgan fingerprint density at radius 2 is 1.23 bits per heavy atom. The molecule has 1 aromatic rings. The van der Waals surface area contributed by atoms with E-state index in [0.29, 0.717) is 0 Å². The lowest BCUT2D eigenvalue weighted by Gasteiger charge is -2.13. The summed E-state index contributed by atoms with van der Waals surface area (Å²) in [7, 11) is 0. The summed E-state index contributed by atoms with van der Waals surface area (Å²) in [6.07, 6.45) is 3.85. The molecule has 118 valence electrons. The van der Waals surface area contributed by atoms with Crippen LogP contribution in [-0.2, 0) is 9.59 Å². The number of anilines is 2. The van der Waals surface area contributed by atoms with Crippen molar-refractivity contribution >= 4 is 23.2 Å². The van der Waals surface area contributed by atoms with Gasteiger partial charge in [-0.3, -0.25) is 9.59 Å². The van der Waals surface area contributed by atoms with Crippen LogP contribution < -0.4 is 21.3 Å². The molecule has 2 saturated heterocycles. The van der Waals surface area contributed by atoms with E-state index in [9.17, 15) is 9.59 Å². The minimum Gasteiger partial charge on any atom is -0.325 e. The molecule has 6 heteroatoms. The van der Waals surface area contributed by atoms with E-state index in [1.54, 1.807) is 0 Å². The first kappa shape index (κ1) is 15.0. The quantitative estimate of drug-likeness (QED) is 0.670. The fraction of sp³-hybridized carbons (Fsp3) is 0.500. The molecular weight excluding hydrogens is 280 g/mol. The van der Waals surface area contributed by atoms with Gasteiger partial charge in [-0.25, -0.2) is 0 Å². The summed E-state index contributed by atoms with van der Waals surface area (Å²) in [4.78, 5) is 24.0. The number of benzene rings is 1. The zero-order valence-corrected chi connectivity index (χ0v) is 12.5. The van der Waals surface area contributed by atoms with E-state index in [-0.39, 0.29) is 23.9 Å². The second-order valence-electron chi connectivity index (χ2n) is 5.85. The highest BCUT2D eigenvalue weighted by Crippen LogP contribution is 2.16. The molecule has 2 atom stereocenters. The molecule has 2 aliphatic rings. The van der Waals surface area contributed by atoms with Crippen molar-refractivity contribution < 1.29 is 9.59 Å². The van der Waals surface area contributed by atoms with Crippen LogP contribution in [0.4, 0.5) is 11.4 Å². The number of amides is 2. The molecule has 6 nitrogen and oxygen atoms in total. The van der Waals surface area contributed by atoms with Gasteiger partial charge in [-0.15, -0.1) is 0 Å². The van der Waals surface area contributed by atoms with Crippen molar-refractivity contribution in [2.75, 3.05) is 23.7 Å². The molecule has 0 bridgehead atoms. The number of rotatable bonds is 4. The zero-order valence-electron chi connectivity index (χ0n) is 12.5. The van der Waals surface area contributed by atoms with E-state index in [1.807, 2.05) is 24.3 Å². The van der Waals surface area contributed by atoms with E-state index < -0.39 is 0 Å². The molecule has 4 N–H and O–H groups in total. The number of hydrogen-bond acceptors (Lipinski definition) is 4. The monoisotopic (exact) mass is 302 g/mol. The van der Waals surface area contributed by atoms with Gasteiger partial charge in [-0.2, -0.15) is 0 Å². The fourth-order valence-electron chi connectivity index (χ4n) is 2.91. The fourth-order valence-corrected chi connectivity index (χ4v) is 2.91. The van der Waals surface area contributed by atoms with E-state index >= 15 is 0 Å². The third-order valence-corrected chi connectivity index (χ3v) is 4.17. The summed E-state index contributed by atoms with van der Waals surface area (Å²) in [5.41, 5.74) is 1.49. The highest BCUT2D eigenvalue weighted by atomic mass is 16.2. The molecule has 0 spiro atoms. The zero-order chi connectivity index (χ0) is 15.4. The van der Waals surface area contributed by atoms with Gasteiger partial charge in [0.05, 0.1) is 12.1 Å². The maximum absolute atomic E-state index is 12.0. The highest BCUT2D eigenvalue weighted by molar-refractivity contribution is 5.97. The van der Waals surface area contributed by atoms with E-state index in [1.165, 1.54) is 0 Å². The van der Waals surface area contributed by atoms with Gasteiger partial charge < -0.3 is 21.3 Å². The molecule has 0 saturated carbocycles. The SMILES string of the molecule is O=C(Nc1ccc(NC(=O)[C@@H]2CCCN2)cc1)[C@@H]1CCCN1. The Balaban J connectivity index is 1.53. The van der Waals surface area contributed by atoms with Gasteiger partial charge >= 0.3 is 0 Å². The molecule has 1 aromatic carbocycles. The van der Waals surface area contributed by atoms with E-state index in [2.05, 4.69) is 21.3 Å². The Morgan fingerprint density at radius 1 is 0.818 bits per heavy atom. The maximum atomic E-state index is 12.0. The second-order valence-corrected chi connectivity index (χ2v) is 5.85. The molecule has 22 heavy (non-hydrogen) atoms. The van der Waals surface area contributed by atoms with Crippen molar-refractivity contribution in [3.63, 3.8) is 0 Å². The summed E-state index contributed by atoms with van der Waals surface area (Å²) in [5, 5.41) is 12.1. The van der Waals surface area contributed by atoms with Crippen LogP contribution in [0.25, 0.3) is 0 Å². The standard InChI is InChI=1S/C16H22N4O2/c21-15(13-3-1-9-17-13)19-11-5-7-12(8-6-11)20-16(22)14-4-2-10-18-14/h5-8,13-14,17-18H,1-4,9-10H2,(H,19,21)(H,20,22)/t13-,14-/m0/s1. The molecule has 0 aliphatic carbocycles. The van der Waals surface area contributed by atoms with Gasteiger partial charge in [0.25, 0.3) is 0 Å². The molecule has 0 unspecified atom stereocenters. The molecule has 0 radical (unpaired) electrons. The van der Waals surface area contributed by atoms with Crippen molar-refractivity contribution in [2.24, 2.45) is 0 Å². The predicted octanol–water partition coefficient (Wildman–Crippen LogP) is 1.07. The predicted molar refractivity (Wildman–Crippen MR) is 85.8 cm³/mol. The summed E-state index contributed by atoms with van der Waals surface area (Å²) in [5.74, 6) is 0.00822. The Bertz CT molecular complexity index is 483. The number of hydrogen-bond donors (Lipinski definition) is 4. The van der Waals surface area contributed by atoms with Crippen LogP contribution in [0.3, 0.4) is 0 Å². The molecule has 2 fully saturated rings. The second kappa shape index (κ2) is 6.89. The average Bonchev–Trinajstić information content (AvgIpc) is 3.23. The van der Waals surface area contributed by atoms with Crippen molar-refractivity contribution in [1.29, 1.82) is 0 Å². The van der Waals surface area contributed by atoms with E-state index in [4.69, 9.17) is 0 Å². The normalized spacial score (nSPS) is 24.2. The first-order valence-electron chi connectivity index (χ1n) is 7.91. The lowest BCUT2D eigenvalue weighted by Crippen LogP contribution is -2.35. The first-order chi connectivity index (χ1) is 10.7.